The first kappa shape index (κ1) is 20.8. The van der Waals surface area contributed by atoms with Crippen molar-refractivity contribution in [1.29, 1.82) is 0 Å². The summed E-state index contributed by atoms with van der Waals surface area (Å²) in [7, 11) is -3.45. The number of sulfone groups is 1. The number of aromatic nitrogens is 2. The Bertz CT molecular complexity index is 1250. The van der Waals surface area contributed by atoms with Gasteiger partial charge in [-0.1, -0.05) is 18.2 Å². The summed E-state index contributed by atoms with van der Waals surface area (Å²) in [4.78, 5) is 32.2. The Kier molecular flexibility index (Phi) is 5.60. The minimum Gasteiger partial charge on any atom is -0.356 e. The van der Waals surface area contributed by atoms with Crippen molar-refractivity contribution in [2.45, 2.75) is 19.3 Å². The Hall–Kier alpha value is -3.46. The summed E-state index contributed by atoms with van der Waals surface area (Å²) in [5, 5.41) is 5.88. The van der Waals surface area contributed by atoms with Gasteiger partial charge in [-0.25, -0.2) is 13.4 Å². The lowest BCUT2D eigenvalue weighted by Gasteiger charge is -2.14. The van der Waals surface area contributed by atoms with E-state index in [2.05, 4.69) is 20.6 Å². The zero-order valence-corrected chi connectivity index (χ0v) is 17.8. The third-order valence-electron chi connectivity index (χ3n) is 4.94. The van der Waals surface area contributed by atoms with Gasteiger partial charge in [-0.2, -0.15) is 0 Å². The van der Waals surface area contributed by atoms with E-state index < -0.39 is 21.5 Å². The van der Waals surface area contributed by atoms with Crippen LogP contribution in [0.15, 0.2) is 48.7 Å². The molecule has 2 aromatic heterocycles. The van der Waals surface area contributed by atoms with E-state index in [-0.39, 0.29) is 11.6 Å². The van der Waals surface area contributed by atoms with Gasteiger partial charge in [0.1, 0.15) is 11.6 Å². The first-order valence-electron chi connectivity index (χ1n) is 9.84. The average Bonchev–Trinajstić information content (AvgIpc) is 3.07. The number of hydrogen-bond donors (Lipinski definition) is 3. The van der Waals surface area contributed by atoms with Crippen LogP contribution in [0.2, 0.25) is 0 Å². The number of anilines is 3. The number of rotatable bonds is 6. The number of hydrogen-bond acceptors (Lipinski definition) is 6. The number of aryl methyl sites for hydroxylation is 1. The minimum absolute atomic E-state index is 0.0814. The highest BCUT2D eigenvalue weighted by Gasteiger charge is 2.27. The Balaban J connectivity index is 1.72. The number of para-hydroxylation sites is 1. The van der Waals surface area contributed by atoms with Crippen LogP contribution in [0.3, 0.4) is 0 Å². The van der Waals surface area contributed by atoms with E-state index in [0.717, 1.165) is 30.5 Å². The van der Waals surface area contributed by atoms with E-state index in [4.69, 9.17) is 0 Å². The van der Waals surface area contributed by atoms with E-state index in [9.17, 15) is 18.0 Å². The maximum absolute atomic E-state index is 12.7. The highest BCUT2D eigenvalue weighted by molar-refractivity contribution is 7.91. The van der Waals surface area contributed by atoms with Gasteiger partial charge in [0.15, 0.2) is 15.6 Å². The molecule has 0 bridgehead atoms. The van der Waals surface area contributed by atoms with Crippen LogP contribution in [-0.4, -0.2) is 42.1 Å². The molecule has 0 atom stereocenters. The number of aromatic amines is 1. The largest absolute Gasteiger partial charge is 0.356 e. The van der Waals surface area contributed by atoms with Crippen molar-refractivity contribution in [3.63, 3.8) is 0 Å². The van der Waals surface area contributed by atoms with Crippen LogP contribution in [0.4, 0.5) is 17.2 Å². The second kappa shape index (κ2) is 8.35. The average molecular weight is 439 g/mol. The zero-order valence-electron chi connectivity index (χ0n) is 16.9. The van der Waals surface area contributed by atoms with Gasteiger partial charge in [0, 0.05) is 35.8 Å². The summed E-state index contributed by atoms with van der Waals surface area (Å²) in [6, 6.07) is 13.0. The first-order chi connectivity index (χ1) is 14.8. The van der Waals surface area contributed by atoms with E-state index in [1.165, 1.54) is 6.20 Å². The molecule has 1 aliphatic carbocycles. The molecule has 1 aromatic carbocycles. The van der Waals surface area contributed by atoms with Crippen LogP contribution in [0.25, 0.3) is 11.3 Å². The van der Waals surface area contributed by atoms with Crippen LogP contribution in [-0.2, 0) is 21.1 Å². The molecular formula is C22H22N4O4S. The third-order valence-corrected chi connectivity index (χ3v) is 5.73. The van der Waals surface area contributed by atoms with Crippen molar-refractivity contribution in [3.05, 3.63) is 59.9 Å². The molecule has 0 fully saturated rings. The molecule has 3 N–H and O–H groups in total. The number of ketones is 1. The lowest BCUT2D eigenvalue weighted by Crippen LogP contribution is -2.22. The molecule has 31 heavy (non-hydrogen) atoms. The molecule has 0 unspecified atom stereocenters. The quantitative estimate of drug-likeness (QED) is 0.543. The van der Waals surface area contributed by atoms with Crippen molar-refractivity contribution < 1.29 is 18.0 Å². The Morgan fingerprint density at radius 3 is 2.68 bits per heavy atom. The van der Waals surface area contributed by atoms with Gasteiger partial charge in [-0.15, -0.1) is 0 Å². The molecule has 0 spiro atoms. The Labute approximate surface area is 180 Å². The first-order valence-corrected chi connectivity index (χ1v) is 11.9. The number of carbonyl (C=O) groups is 2. The van der Waals surface area contributed by atoms with E-state index in [0.29, 0.717) is 28.9 Å². The zero-order chi connectivity index (χ0) is 22.0. The van der Waals surface area contributed by atoms with E-state index >= 15 is 0 Å². The van der Waals surface area contributed by atoms with Gasteiger partial charge < -0.3 is 15.6 Å². The normalized spacial score (nSPS) is 13.5. The molecule has 160 valence electrons. The lowest BCUT2D eigenvalue weighted by molar-refractivity contribution is -0.113. The van der Waals surface area contributed by atoms with E-state index in [1.54, 1.807) is 12.1 Å². The fourth-order valence-electron chi connectivity index (χ4n) is 3.68. The monoisotopic (exact) mass is 438 g/mol. The summed E-state index contributed by atoms with van der Waals surface area (Å²) in [6.45, 7) is 0. The molecule has 0 saturated carbocycles. The Morgan fingerprint density at radius 2 is 1.94 bits per heavy atom. The summed E-state index contributed by atoms with van der Waals surface area (Å²) in [6.07, 6.45) is 4.59. The van der Waals surface area contributed by atoms with E-state index in [1.807, 2.05) is 30.3 Å². The van der Waals surface area contributed by atoms with Gasteiger partial charge in [0.05, 0.1) is 16.9 Å². The molecule has 0 aliphatic heterocycles. The molecule has 1 aliphatic rings. The number of benzene rings is 1. The fraction of sp³-hybridized carbons (Fsp3) is 0.227. The van der Waals surface area contributed by atoms with Crippen LogP contribution in [0, 0.1) is 0 Å². The number of pyridine rings is 1. The van der Waals surface area contributed by atoms with Crippen molar-refractivity contribution >= 4 is 38.7 Å². The molecular weight excluding hydrogens is 416 g/mol. The molecule has 9 heteroatoms. The molecule has 4 rings (SSSR count). The van der Waals surface area contributed by atoms with Gasteiger partial charge in [0.25, 0.3) is 0 Å². The van der Waals surface area contributed by atoms with Crippen LogP contribution < -0.4 is 10.6 Å². The maximum atomic E-state index is 12.7. The van der Waals surface area contributed by atoms with Crippen LogP contribution in [0.1, 0.15) is 28.9 Å². The van der Waals surface area contributed by atoms with Gasteiger partial charge in [0.2, 0.25) is 5.91 Å². The van der Waals surface area contributed by atoms with Crippen LogP contribution in [0.5, 0.6) is 0 Å². The fourth-order valence-corrected chi connectivity index (χ4v) is 4.22. The predicted octanol–water partition coefficient (Wildman–Crippen LogP) is 3.32. The maximum Gasteiger partial charge on any atom is 0.240 e. The number of amides is 1. The highest BCUT2D eigenvalue weighted by Crippen LogP contribution is 2.39. The molecule has 1 amide bonds. The summed E-state index contributed by atoms with van der Waals surface area (Å²) in [5.41, 5.74) is 4.49. The lowest BCUT2D eigenvalue weighted by atomic mass is 9.95. The molecule has 0 saturated heterocycles. The number of carbonyl (C=O) groups excluding carboxylic acids is 2. The van der Waals surface area contributed by atoms with Crippen LogP contribution >= 0.6 is 0 Å². The van der Waals surface area contributed by atoms with Gasteiger partial charge in [-0.3, -0.25) is 9.59 Å². The number of nitrogens with zero attached hydrogens (tertiary/aromatic N) is 1. The number of Topliss-reactive ketones (excluding diaryl/α,β-unsaturated/α-hetero) is 1. The SMILES string of the molecule is CS(=O)(=O)CC(=O)Nc1cc(-c2[nH]c3c(c2Nc2ccccc2)C(=O)CCC3)ccn1. The number of nitrogens with one attached hydrogen (secondary N) is 3. The topological polar surface area (TPSA) is 121 Å². The van der Waals surface area contributed by atoms with Gasteiger partial charge >= 0.3 is 0 Å². The third kappa shape index (κ3) is 4.83. The number of H-pyrrole nitrogens is 1. The summed E-state index contributed by atoms with van der Waals surface area (Å²) < 4.78 is 22.7. The molecule has 3 aromatic rings. The Morgan fingerprint density at radius 1 is 1.16 bits per heavy atom. The minimum atomic E-state index is -3.45. The number of fused-ring (bicyclic) bond motifs is 1. The highest BCUT2D eigenvalue weighted by atomic mass is 32.2. The van der Waals surface area contributed by atoms with Crippen molar-refractivity contribution in [2.75, 3.05) is 22.6 Å². The van der Waals surface area contributed by atoms with Crippen molar-refractivity contribution in [2.24, 2.45) is 0 Å². The standard InChI is InChI=1S/C22H22N4O4S/c1-31(29,30)13-19(28)26-18-12-14(10-11-23-18)21-22(24-15-6-3-2-4-7-15)20-16(25-21)8-5-9-17(20)27/h2-4,6-7,10-12,24-25H,5,8-9,13H2,1H3,(H,23,26,28). The summed E-state index contributed by atoms with van der Waals surface area (Å²) in [5.74, 6) is -0.963. The van der Waals surface area contributed by atoms with Gasteiger partial charge in [-0.05, 0) is 37.1 Å². The van der Waals surface area contributed by atoms with Crippen molar-refractivity contribution in [3.8, 4) is 11.3 Å². The summed E-state index contributed by atoms with van der Waals surface area (Å²) >= 11 is 0. The second-order valence-corrected chi connectivity index (χ2v) is 9.68. The van der Waals surface area contributed by atoms with Crippen molar-refractivity contribution in [1.82, 2.24) is 9.97 Å². The predicted molar refractivity (Wildman–Crippen MR) is 119 cm³/mol. The second-order valence-electron chi connectivity index (χ2n) is 7.54. The smallest absolute Gasteiger partial charge is 0.240 e. The molecule has 2 heterocycles. The molecule has 0 radical (unpaired) electrons. The molecule has 8 nitrogen and oxygen atoms in total.